The number of fused-ring (bicyclic) bond motifs is 4. The van der Waals surface area contributed by atoms with Crippen molar-refractivity contribution >= 4 is 78.5 Å². The zero-order valence-electron chi connectivity index (χ0n) is 30.3. The van der Waals surface area contributed by atoms with Crippen LogP contribution in [0.3, 0.4) is 0 Å². The number of aromatic nitrogens is 1. The third kappa shape index (κ3) is 5.48. The van der Waals surface area contributed by atoms with Crippen molar-refractivity contribution in [2.24, 2.45) is 0 Å². The first kappa shape index (κ1) is 32.7. The summed E-state index contributed by atoms with van der Waals surface area (Å²) in [6, 6.07) is 84.7. The Morgan fingerprint density at radius 3 is 1.44 bits per heavy atom. The average Bonchev–Trinajstić information content (AvgIpc) is 3.59. The van der Waals surface area contributed by atoms with E-state index in [9.17, 15) is 0 Å². The number of hydrogen-bond acceptors (Lipinski definition) is 1. The van der Waals surface area contributed by atoms with E-state index in [2.05, 4.69) is 240 Å². The van der Waals surface area contributed by atoms with Crippen LogP contribution in [-0.4, -0.2) is 12.6 Å². The highest BCUT2D eigenvalue weighted by atomic mass is 28.3. The first-order chi connectivity index (χ1) is 27.3. The van der Waals surface area contributed by atoms with Crippen molar-refractivity contribution in [2.45, 2.75) is 0 Å². The van der Waals surface area contributed by atoms with Crippen molar-refractivity contribution in [3.63, 3.8) is 0 Å². The minimum Gasteiger partial charge on any atom is -0.310 e. The standard InChI is InChI=1S/C52H38N2Si/c1-6-21-40(22-7-1)53(50-32-18-20-39-19-16-17-31-47(39)50)42-33-35-51-48(37-42)49-38-46(34-36-52(49)54(51)41-23-8-2-9-24-41)55(43-25-10-3-11-26-43,44-27-12-4-13-28-44)45-29-14-5-15-30-45/h1-38H. The smallest absolute Gasteiger partial charge is 0.179 e. The van der Waals surface area contributed by atoms with Crippen LogP contribution in [0.4, 0.5) is 17.1 Å². The zero-order chi connectivity index (χ0) is 36.6. The molecule has 0 aliphatic heterocycles. The van der Waals surface area contributed by atoms with Gasteiger partial charge >= 0.3 is 0 Å². The topological polar surface area (TPSA) is 8.17 Å². The van der Waals surface area contributed by atoms with Gasteiger partial charge in [0.2, 0.25) is 0 Å². The molecule has 0 unspecified atom stereocenters. The van der Waals surface area contributed by atoms with Crippen LogP contribution in [0.25, 0.3) is 38.3 Å². The monoisotopic (exact) mass is 718 g/mol. The van der Waals surface area contributed by atoms with Gasteiger partial charge in [-0.15, -0.1) is 0 Å². The van der Waals surface area contributed by atoms with E-state index in [1.165, 1.54) is 53.3 Å². The molecule has 260 valence electrons. The Kier molecular flexibility index (Phi) is 8.20. The van der Waals surface area contributed by atoms with Crippen LogP contribution < -0.4 is 25.6 Å². The Bertz CT molecular complexity index is 2800. The maximum Gasteiger partial charge on any atom is 0.179 e. The fourth-order valence-corrected chi connectivity index (χ4v) is 13.5. The molecule has 1 aromatic heterocycles. The number of nitrogens with zero attached hydrogens (tertiary/aromatic N) is 2. The molecule has 1 heterocycles. The van der Waals surface area contributed by atoms with E-state index >= 15 is 0 Å². The summed E-state index contributed by atoms with van der Waals surface area (Å²) in [6.07, 6.45) is 0. The van der Waals surface area contributed by atoms with Gasteiger partial charge < -0.3 is 9.47 Å². The maximum atomic E-state index is 2.52. The molecule has 0 N–H and O–H groups in total. The van der Waals surface area contributed by atoms with Crippen molar-refractivity contribution in [2.75, 3.05) is 4.90 Å². The van der Waals surface area contributed by atoms with Gasteiger partial charge in [-0.2, -0.15) is 0 Å². The van der Waals surface area contributed by atoms with E-state index in [4.69, 9.17) is 0 Å². The lowest BCUT2D eigenvalue weighted by Crippen LogP contribution is -2.74. The first-order valence-electron chi connectivity index (χ1n) is 18.9. The van der Waals surface area contributed by atoms with E-state index in [0.29, 0.717) is 0 Å². The minimum atomic E-state index is -2.77. The number of hydrogen-bond donors (Lipinski definition) is 0. The summed E-state index contributed by atoms with van der Waals surface area (Å²) in [4.78, 5) is 2.41. The molecular weight excluding hydrogens is 681 g/mol. The largest absolute Gasteiger partial charge is 0.310 e. The van der Waals surface area contributed by atoms with Gasteiger partial charge in [-0.05, 0) is 80.7 Å². The van der Waals surface area contributed by atoms with Gasteiger partial charge in [-0.3, -0.25) is 0 Å². The lowest BCUT2D eigenvalue weighted by Gasteiger charge is -2.34. The van der Waals surface area contributed by atoms with Crippen LogP contribution in [0.1, 0.15) is 0 Å². The molecule has 9 aromatic carbocycles. The van der Waals surface area contributed by atoms with Gasteiger partial charge in [0.25, 0.3) is 0 Å². The van der Waals surface area contributed by atoms with E-state index < -0.39 is 8.07 Å². The van der Waals surface area contributed by atoms with Gasteiger partial charge in [-0.1, -0.05) is 176 Å². The zero-order valence-corrected chi connectivity index (χ0v) is 31.3. The van der Waals surface area contributed by atoms with Crippen molar-refractivity contribution in [3.8, 4) is 5.69 Å². The van der Waals surface area contributed by atoms with Gasteiger partial charge in [-0.25, -0.2) is 0 Å². The van der Waals surface area contributed by atoms with Crippen LogP contribution in [0.15, 0.2) is 231 Å². The molecule has 3 heteroatoms. The minimum absolute atomic E-state index is 1.12. The summed E-state index contributed by atoms with van der Waals surface area (Å²) < 4.78 is 2.43. The number of anilines is 3. The van der Waals surface area contributed by atoms with E-state index in [1.54, 1.807) is 0 Å². The molecular formula is C52H38N2Si. The van der Waals surface area contributed by atoms with Crippen LogP contribution in [0, 0.1) is 0 Å². The molecule has 0 aliphatic carbocycles. The second-order valence-electron chi connectivity index (χ2n) is 14.1. The van der Waals surface area contributed by atoms with Gasteiger partial charge in [0.05, 0.1) is 16.7 Å². The Hall–Kier alpha value is -6.94. The van der Waals surface area contributed by atoms with E-state index in [0.717, 1.165) is 22.7 Å². The van der Waals surface area contributed by atoms with Crippen molar-refractivity contribution in [1.82, 2.24) is 4.57 Å². The third-order valence-electron chi connectivity index (χ3n) is 11.1. The summed E-state index contributed by atoms with van der Waals surface area (Å²) in [7, 11) is -2.77. The Labute approximate surface area is 322 Å². The van der Waals surface area contributed by atoms with E-state index in [1.807, 2.05) is 0 Å². The van der Waals surface area contributed by atoms with Gasteiger partial charge in [0.15, 0.2) is 8.07 Å². The predicted molar refractivity (Wildman–Crippen MR) is 237 cm³/mol. The normalized spacial score (nSPS) is 11.6. The second kappa shape index (κ2) is 13.8. The van der Waals surface area contributed by atoms with E-state index in [-0.39, 0.29) is 0 Å². The molecule has 0 spiro atoms. The Morgan fingerprint density at radius 2 is 0.818 bits per heavy atom. The lowest BCUT2D eigenvalue weighted by molar-refractivity contribution is 1.18. The van der Waals surface area contributed by atoms with Crippen molar-refractivity contribution in [3.05, 3.63) is 231 Å². The molecule has 0 saturated carbocycles. The first-order valence-corrected chi connectivity index (χ1v) is 20.9. The summed E-state index contributed by atoms with van der Waals surface area (Å²) in [5, 5.41) is 10.3. The fraction of sp³-hybridized carbons (Fsp3) is 0. The highest BCUT2D eigenvalue weighted by molar-refractivity contribution is 7.20. The van der Waals surface area contributed by atoms with Crippen molar-refractivity contribution < 1.29 is 0 Å². The highest BCUT2D eigenvalue weighted by Gasteiger charge is 2.41. The van der Waals surface area contributed by atoms with Crippen LogP contribution in [0.5, 0.6) is 0 Å². The predicted octanol–water partition coefficient (Wildman–Crippen LogP) is 10.8. The number of benzene rings is 9. The third-order valence-corrected chi connectivity index (χ3v) is 15.9. The Balaban J connectivity index is 1.30. The molecule has 0 atom stereocenters. The molecule has 10 rings (SSSR count). The molecule has 0 fully saturated rings. The summed E-state index contributed by atoms with van der Waals surface area (Å²) >= 11 is 0. The molecule has 0 bridgehead atoms. The molecule has 2 nitrogen and oxygen atoms in total. The quantitative estimate of drug-likeness (QED) is 0.112. The summed E-state index contributed by atoms with van der Waals surface area (Å²) in [6.45, 7) is 0. The van der Waals surface area contributed by atoms with Gasteiger partial charge in [0.1, 0.15) is 0 Å². The molecule has 10 aromatic rings. The lowest BCUT2D eigenvalue weighted by atomic mass is 10.1. The maximum absolute atomic E-state index is 2.77. The number of para-hydroxylation sites is 2. The van der Waals surface area contributed by atoms with Gasteiger partial charge in [0, 0.05) is 33.2 Å². The number of rotatable bonds is 8. The fourth-order valence-electron chi connectivity index (χ4n) is 8.71. The van der Waals surface area contributed by atoms with Crippen LogP contribution in [0.2, 0.25) is 0 Å². The van der Waals surface area contributed by atoms with Crippen molar-refractivity contribution in [1.29, 1.82) is 0 Å². The molecule has 0 saturated heterocycles. The van der Waals surface area contributed by atoms with Crippen LogP contribution >= 0.6 is 0 Å². The highest BCUT2D eigenvalue weighted by Crippen LogP contribution is 2.42. The summed E-state index contributed by atoms with van der Waals surface area (Å²) in [5.74, 6) is 0. The van der Waals surface area contributed by atoms with Crippen LogP contribution in [-0.2, 0) is 0 Å². The molecule has 0 aliphatic rings. The molecule has 0 amide bonds. The summed E-state index contributed by atoms with van der Waals surface area (Å²) in [5.41, 5.74) is 6.91. The Morgan fingerprint density at radius 1 is 0.327 bits per heavy atom. The molecule has 55 heavy (non-hydrogen) atoms. The second-order valence-corrected chi connectivity index (χ2v) is 17.9. The SMILES string of the molecule is c1ccc(N(c2ccc3c(c2)c2cc([Si](c4ccccc4)(c4ccccc4)c4ccccc4)ccc2n3-c2ccccc2)c2cccc3ccccc23)cc1. The molecule has 0 radical (unpaired) electrons. The average molecular weight is 719 g/mol.